The number of aromatic hydroxyl groups is 2. The SMILES string of the molecule is COc1c(C)cc2c(c1O)[C@@H]1C3Cc4c(OC(C)=O)c(C)c5c(c4[C@H](CN)N3[C@@H](C#N)[C@H](C2)N1C)OCO5.COc1c(C)cc2c(c1O)[C@@H]1C3Cc4c(OC(C)=O)c(C)c5c(c4[C@H](CNC(=O)CCc4ccccc4)N3[C@@H](C#N)[C@H](C2)N1C)OCO5. The van der Waals surface area contributed by atoms with E-state index in [1.165, 1.54) is 13.8 Å². The number of nitriles is 2. The first kappa shape index (κ1) is 58.1. The zero-order chi connectivity index (χ0) is 60.9. The van der Waals surface area contributed by atoms with Crippen LogP contribution in [0.15, 0.2) is 42.5 Å². The van der Waals surface area contributed by atoms with Crippen molar-refractivity contribution >= 4 is 17.8 Å². The van der Waals surface area contributed by atoms with Gasteiger partial charge in [-0.1, -0.05) is 42.5 Å². The molecule has 8 aliphatic rings. The Kier molecular flexibility index (Phi) is 15.2. The molecule has 2 saturated heterocycles. The Morgan fingerprint density at radius 1 is 0.640 bits per heavy atom. The van der Waals surface area contributed by atoms with Gasteiger partial charge in [0.1, 0.15) is 23.6 Å². The average molecular weight is 1170 g/mol. The molecule has 0 radical (unpaired) electrons. The Labute approximate surface area is 499 Å². The molecule has 0 saturated carbocycles. The third-order valence-electron chi connectivity index (χ3n) is 19.2. The van der Waals surface area contributed by atoms with E-state index >= 15 is 0 Å². The lowest BCUT2D eigenvalue weighted by atomic mass is 9.71. The fourth-order valence-corrected chi connectivity index (χ4v) is 15.9. The van der Waals surface area contributed by atoms with Crippen molar-refractivity contribution in [3.8, 4) is 69.6 Å². The summed E-state index contributed by atoms with van der Waals surface area (Å²) in [6.07, 6.45) is 2.90. The lowest BCUT2D eigenvalue weighted by Crippen LogP contribution is -2.68. The standard InChI is InChI=1S/C37H40N4O7.C28H32N4O6/c1-19-13-23-14-25-27(16-38)41-26(32(40(25)4)30(23)33(44)34(19)45-5)15-24-31(37-36(46-18-47-37)20(2)35(24)48-21(3)42)28(41)17-39-29(43)12-11-22-9-7-6-8-10-22;1-12-6-15-7-17-19(9-29)32-18(23(31(17)4)21(15)24(34)25(12)35-5)8-16-22(20(32)10-30)28-27(36-11-37-28)13(2)26(16)38-14(3)33/h6-10,13,25-28,32,44H,11-12,14-15,17-18H2,1-5H3,(H,39,43);6,17-20,23,34H,7-8,10-11,30H2,1-5H3/t25-,26?,27-,28-,32-;17-,18?,19-,20-,23-/m00/s1. The van der Waals surface area contributed by atoms with E-state index in [4.69, 9.17) is 43.6 Å². The molecular formula is C65H72N8O13. The molecule has 21 heteroatoms. The maximum atomic E-state index is 13.4. The summed E-state index contributed by atoms with van der Waals surface area (Å²) in [7, 11) is 7.11. The number of phenolic OH excluding ortho intramolecular Hbond substituents is 2. The topological polar surface area (TPSA) is 264 Å². The van der Waals surface area contributed by atoms with Crippen LogP contribution in [-0.4, -0.2) is 139 Å². The Bertz CT molecular complexity index is 3710. The molecule has 5 aromatic carbocycles. The van der Waals surface area contributed by atoms with E-state index in [1.54, 1.807) is 14.2 Å². The smallest absolute Gasteiger partial charge is 0.308 e. The fraction of sp³-hybridized carbons (Fsp3) is 0.462. The number of esters is 2. The van der Waals surface area contributed by atoms with Crippen LogP contribution in [0.4, 0.5) is 0 Å². The summed E-state index contributed by atoms with van der Waals surface area (Å²) in [4.78, 5) is 46.8. The van der Waals surface area contributed by atoms with E-state index in [0.717, 1.165) is 61.2 Å². The number of rotatable bonds is 10. The summed E-state index contributed by atoms with van der Waals surface area (Å²) in [5, 5.41) is 47.7. The van der Waals surface area contributed by atoms with E-state index in [-0.39, 0.29) is 86.4 Å². The van der Waals surface area contributed by atoms with Crippen molar-refractivity contribution in [2.75, 3.05) is 55.0 Å². The second kappa shape index (κ2) is 22.5. The lowest BCUT2D eigenvalue weighted by molar-refractivity contribution is -0.133. The van der Waals surface area contributed by atoms with E-state index in [2.05, 4.69) is 49.2 Å². The highest BCUT2D eigenvalue weighted by Gasteiger charge is 2.59. The van der Waals surface area contributed by atoms with Gasteiger partial charge in [-0.3, -0.25) is 34.0 Å². The second-order valence-electron chi connectivity index (χ2n) is 23.7. The number of aryl methyl sites for hydroxylation is 3. The number of ether oxygens (including phenoxy) is 8. The van der Waals surface area contributed by atoms with Gasteiger partial charge in [-0.15, -0.1) is 0 Å². The molecule has 86 heavy (non-hydrogen) atoms. The van der Waals surface area contributed by atoms with E-state index in [1.807, 2.05) is 72.1 Å². The summed E-state index contributed by atoms with van der Waals surface area (Å²) < 4.78 is 46.7. The summed E-state index contributed by atoms with van der Waals surface area (Å²) in [6, 6.07) is 15.8. The third kappa shape index (κ3) is 9.08. The van der Waals surface area contributed by atoms with Crippen LogP contribution in [0.25, 0.3) is 0 Å². The molecule has 5 aromatic rings. The van der Waals surface area contributed by atoms with Crippen molar-refractivity contribution in [1.82, 2.24) is 24.9 Å². The number of benzene rings is 5. The minimum atomic E-state index is -0.565. The number of carbonyl (C=O) groups excluding carboxylic acids is 3. The van der Waals surface area contributed by atoms with Crippen LogP contribution in [0.3, 0.4) is 0 Å². The lowest BCUT2D eigenvalue weighted by Gasteiger charge is -2.60. The zero-order valence-electron chi connectivity index (χ0n) is 50.0. The van der Waals surface area contributed by atoms with Gasteiger partial charge < -0.3 is 59.2 Å². The number of hydrogen-bond acceptors (Lipinski definition) is 20. The highest BCUT2D eigenvalue weighted by atomic mass is 16.7. The van der Waals surface area contributed by atoms with Gasteiger partial charge in [-0.05, 0) is 102 Å². The number of likely N-dealkylation sites (N-methyl/N-ethyl adjacent to an activating group) is 2. The van der Waals surface area contributed by atoms with Crippen LogP contribution in [0.5, 0.6) is 57.5 Å². The van der Waals surface area contributed by atoms with Gasteiger partial charge in [0, 0.05) is 102 Å². The molecular weight excluding hydrogens is 1100 g/mol. The molecule has 13 rings (SSSR count). The van der Waals surface area contributed by atoms with Gasteiger partial charge >= 0.3 is 11.9 Å². The molecule has 0 spiro atoms. The molecule has 5 N–H and O–H groups in total. The molecule has 21 nitrogen and oxygen atoms in total. The normalized spacial score (nSPS) is 25.2. The molecule has 0 aliphatic carbocycles. The number of phenols is 2. The van der Waals surface area contributed by atoms with Crippen LogP contribution in [0.2, 0.25) is 0 Å². The highest BCUT2D eigenvalue weighted by Crippen LogP contribution is 2.61. The van der Waals surface area contributed by atoms with Crippen LogP contribution >= 0.6 is 0 Å². The van der Waals surface area contributed by atoms with E-state index in [0.29, 0.717) is 95.6 Å². The average Bonchev–Trinajstić information content (AvgIpc) is 0.877. The quantitative estimate of drug-likeness (QED) is 0.0848. The first-order chi connectivity index (χ1) is 41.4. The zero-order valence-corrected chi connectivity index (χ0v) is 50.0. The number of nitrogens with zero attached hydrogens (tertiary/aromatic N) is 6. The Morgan fingerprint density at radius 3 is 1.51 bits per heavy atom. The second-order valence-corrected chi connectivity index (χ2v) is 23.7. The molecule has 1 amide bonds. The van der Waals surface area contributed by atoms with Crippen molar-refractivity contribution < 1.29 is 62.5 Å². The van der Waals surface area contributed by atoms with Crippen LogP contribution in [-0.2, 0) is 46.5 Å². The monoisotopic (exact) mass is 1170 g/mol. The number of piperazine rings is 2. The van der Waals surface area contributed by atoms with E-state index in [9.17, 15) is 35.1 Å². The van der Waals surface area contributed by atoms with Crippen molar-refractivity contribution in [2.24, 2.45) is 5.73 Å². The van der Waals surface area contributed by atoms with Gasteiger partial charge in [0.15, 0.2) is 46.0 Å². The molecule has 2 fully saturated rings. The predicted molar refractivity (Wildman–Crippen MR) is 312 cm³/mol. The molecule has 450 valence electrons. The highest BCUT2D eigenvalue weighted by molar-refractivity contribution is 5.78. The Morgan fingerprint density at radius 2 is 1.08 bits per heavy atom. The minimum absolute atomic E-state index is 0.00177. The number of carbonyl (C=O) groups is 3. The Balaban J connectivity index is 0.000000173. The Hall–Kier alpha value is -8.31. The van der Waals surface area contributed by atoms with E-state index < -0.39 is 30.1 Å². The maximum Gasteiger partial charge on any atom is 0.308 e. The summed E-state index contributed by atoms with van der Waals surface area (Å²) in [5.41, 5.74) is 17.3. The van der Waals surface area contributed by atoms with Crippen LogP contribution in [0, 0.1) is 50.4 Å². The minimum Gasteiger partial charge on any atom is -0.504 e. The number of methoxy groups -OCH3 is 2. The van der Waals surface area contributed by atoms with Gasteiger partial charge in [0.25, 0.3) is 0 Å². The van der Waals surface area contributed by atoms with Crippen molar-refractivity contribution in [3.05, 3.63) is 115 Å². The summed E-state index contributed by atoms with van der Waals surface area (Å²) >= 11 is 0. The molecule has 8 aliphatic heterocycles. The molecule has 2 unspecified atom stereocenters. The summed E-state index contributed by atoms with van der Waals surface area (Å²) in [5.74, 6) is 3.13. The van der Waals surface area contributed by atoms with Gasteiger partial charge in [0.2, 0.25) is 19.5 Å². The number of fused-ring (bicyclic) bond motifs is 18. The number of nitrogens with one attached hydrogen (secondary N) is 1. The number of hydrogen-bond donors (Lipinski definition) is 4. The molecule has 4 bridgehead atoms. The predicted octanol–water partition coefficient (Wildman–Crippen LogP) is 6.59. The fourth-order valence-electron chi connectivity index (χ4n) is 15.9. The van der Waals surface area contributed by atoms with Crippen LogP contribution < -0.4 is 48.9 Å². The number of amides is 1. The van der Waals surface area contributed by atoms with Crippen molar-refractivity contribution in [1.29, 1.82) is 10.5 Å². The number of nitrogens with two attached hydrogens (primary N) is 1. The van der Waals surface area contributed by atoms with Gasteiger partial charge in [0.05, 0.1) is 50.5 Å². The van der Waals surface area contributed by atoms with Crippen LogP contribution in [0.1, 0.15) is 117 Å². The van der Waals surface area contributed by atoms with Crippen molar-refractivity contribution in [2.45, 2.75) is 140 Å². The maximum absolute atomic E-state index is 13.4. The van der Waals surface area contributed by atoms with Gasteiger partial charge in [-0.2, -0.15) is 10.5 Å². The van der Waals surface area contributed by atoms with Gasteiger partial charge in [-0.25, -0.2) is 0 Å². The largest absolute Gasteiger partial charge is 0.504 e. The molecule has 10 atom stereocenters. The first-order valence-corrected chi connectivity index (χ1v) is 29.2. The summed E-state index contributed by atoms with van der Waals surface area (Å²) in [6.45, 7) is 10.7. The third-order valence-corrected chi connectivity index (χ3v) is 19.2. The molecule has 8 heterocycles. The first-order valence-electron chi connectivity index (χ1n) is 29.2. The van der Waals surface area contributed by atoms with Crippen molar-refractivity contribution in [3.63, 3.8) is 0 Å². The molecule has 0 aromatic heterocycles.